The maximum atomic E-state index is 15.2. The number of halogens is 3. The first kappa shape index (κ1) is 40.1. The number of urea groups is 1. The highest BCUT2D eigenvalue weighted by atomic mass is 35.5. The molecule has 7 heterocycles. The summed E-state index contributed by atoms with van der Waals surface area (Å²) in [5.41, 5.74) is 3.69. The molecule has 2 atom stereocenters. The zero-order chi connectivity index (χ0) is 43.0. The van der Waals surface area contributed by atoms with Gasteiger partial charge in [0.15, 0.2) is 12.4 Å². The number of benzene rings is 2. The normalized spacial score (nSPS) is 21.9. The van der Waals surface area contributed by atoms with Gasteiger partial charge in [0, 0.05) is 76.2 Å². The van der Waals surface area contributed by atoms with E-state index in [0.717, 1.165) is 29.3 Å². The second kappa shape index (κ2) is 15.4. The molecule has 1 aliphatic carbocycles. The molecule has 324 valence electrons. The molecule has 3 aromatic heterocycles. The minimum atomic E-state index is -3.15. The number of likely N-dealkylation sites (tertiary alicyclic amines) is 1. The minimum Gasteiger partial charge on any atom is -0.480 e. The lowest BCUT2D eigenvalue weighted by Gasteiger charge is -2.40. The van der Waals surface area contributed by atoms with Crippen LogP contribution in [-0.2, 0) is 23.7 Å². The van der Waals surface area contributed by atoms with Crippen LogP contribution in [0.2, 0.25) is 5.02 Å². The number of rotatable bonds is 6. The molecule has 10 rings (SSSR count). The number of anilines is 4. The average Bonchev–Trinajstić information content (AvgIpc) is 4.07. The summed E-state index contributed by atoms with van der Waals surface area (Å²) in [5, 5.41) is 15.2. The van der Waals surface area contributed by atoms with Crippen molar-refractivity contribution in [2.45, 2.75) is 62.3 Å². The first-order valence-corrected chi connectivity index (χ1v) is 21.5. The monoisotopic (exact) mass is 869 g/mol. The Kier molecular flexibility index (Phi) is 9.95. The summed E-state index contributed by atoms with van der Waals surface area (Å²) in [6, 6.07) is 10.2. The van der Waals surface area contributed by atoms with Crippen molar-refractivity contribution in [3.05, 3.63) is 69.2 Å². The standard InChI is InChI=1S/C43H46ClF2N11O5/c1-53-31-10-8-25(20-29(31)34-36(40(53)60)62-22-43(45,46)37(50-34)24-6-7-24)48-38-30(44)21-47-41(51-38)55-16-18-57(19-17-55)42(61)56-14-12-23(13-15-56)26-4-3-5-27-33(52-54(2)35(26)27)28-9-11-32(58)49-39(28)59/h3-5,8,10,20-21,23-24,28,37,50H,6-7,9,11-19,22H2,1-2H3,(H,47,48,51)(H,49,58,59)/t28?,37-/m0/s1. The molecule has 0 radical (unpaired) electrons. The number of amides is 4. The van der Waals surface area contributed by atoms with Gasteiger partial charge in [0.1, 0.15) is 5.02 Å². The summed E-state index contributed by atoms with van der Waals surface area (Å²) in [7, 11) is 3.47. The lowest BCUT2D eigenvalue weighted by atomic mass is 9.86. The van der Waals surface area contributed by atoms with Crippen molar-refractivity contribution in [3.8, 4) is 5.75 Å². The maximum Gasteiger partial charge on any atom is 0.320 e. The van der Waals surface area contributed by atoms with Crippen LogP contribution in [-0.4, -0.2) is 110 Å². The van der Waals surface area contributed by atoms with Gasteiger partial charge in [0.25, 0.3) is 5.56 Å². The van der Waals surface area contributed by atoms with Gasteiger partial charge < -0.3 is 34.6 Å². The topological polar surface area (TPSA) is 172 Å². The van der Waals surface area contributed by atoms with E-state index >= 15 is 8.78 Å². The third-order valence-corrected chi connectivity index (χ3v) is 13.4. The van der Waals surface area contributed by atoms with Gasteiger partial charge in [-0.1, -0.05) is 29.8 Å². The number of aromatic nitrogens is 5. The predicted molar refractivity (Wildman–Crippen MR) is 229 cm³/mol. The highest BCUT2D eigenvalue weighted by Crippen LogP contribution is 2.46. The third kappa shape index (κ3) is 7.10. The van der Waals surface area contributed by atoms with Crippen molar-refractivity contribution in [2.75, 3.05) is 61.4 Å². The van der Waals surface area contributed by atoms with E-state index in [9.17, 15) is 19.2 Å². The fourth-order valence-electron chi connectivity index (χ4n) is 9.64. The lowest BCUT2D eigenvalue weighted by molar-refractivity contribution is -0.134. The predicted octanol–water partition coefficient (Wildman–Crippen LogP) is 5.47. The number of imide groups is 1. The van der Waals surface area contributed by atoms with Gasteiger partial charge in [-0.3, -0.25) is 24.4 Å². The van der Waals surface area contributed by atoms with E-state index in [1.807, 2.05) is 38.6 Å². The molecule has 2 aromatic carbocycles. The van der Waals surface area contributed by atoms with E-state index in [-0.39, 0.29) is 52.6 Å². The number of ether oxygens (including phenoxy) is 1. The molecular weight excluding hydrogens is 824 g/mol. The molecule has 0 spiro atoms. The van der Waals surface area contributed by atoms with Crippen molar-refractivity contribution in [1.29, 1.82) is 0 Å². The van der Waals surface area contributed by atoms with Gasteiger partial charge in [0.2, 0.25) is 23.5 Å². The molecule has 4 amide bonds. The van der Waals surface area contributed by atoms with Crippen molar-refractivity contribution in [1.82, 2.24) is 39.4 Å². The Morgan fingerprint density at radius 1 is 0.952 bits per heavy atom. The van der Waals surface area contributed by atoms with Crippen LogP contribution in [0.15, 0.2) is 47.4 Å². The van der Waals surface area contributed by atoms with E-state index in [4.69, 9.17) is 26.4 Å². The van der Waals surface area contributed by atoms with Gasteiger partial charge in [-0.25, -0.2) is 18.6 Å². The Bertz CT molecular complexity index is 2710. The number of hydrogen-bond donors (Lipinski definition) is 3. The van der Waals surface area contributed by atoms with Crippen molar-refractivity contribution < 1.29 is 27.9 Å². The van der Waals surface area contributed by atoms with E-state index in [0.29, 0.717) is 92.6 Å². The highest BCUT2D eigenvalue weighted by molar-refractivity contribution is 6.33. The number of piperidine rings is 2. The summed E-state index contributed by atoms with van der Waals surface area (Å²) in [5.74, 6) is -3.53. The van der Waals surface area contributed by atoms with Crippen molar-refractivity contribution >= 4 is 74.4 Å². The molecule has 3 N–H and O–H groups in total. The molecule has 1 unspecified atom stereocenters. The Balaban J connectivity index is 0.791. The minimum absolute atomic E-state index is 0.000114. The molecule has 4 aliphatic heterocycles. The summed E-state index contributed by atoms with van der Waals surface area (Å²) < 4.78 is 39.1. The van der Waals surface area contributed by atoms with Crippen LogP contribution in [0, 0.1) is 5.92 Å². The third-order valence-electron chi connectivity index (χ3n) is 13.1. The number of nitrogens with one attached hydrogen (secondary N) is 3. The molecule has 16 nitrogen and oxygen atoms in total. The van der Waals surface area contributed by atoms with Crippen molar-refractivity contribution in [2.24, 2.45) is 20.0 Å². The molecule has 0 bridgehead atoms. The van der Waals surface area contributed by atoms with Gasteiger partial charge in [-0.15, -0.1) is 0 Å². The number of fused-ring (bicyclic) bond motifs is 4. The highest BCUT2D eigenvalue weighted by Gasteiger charge is 2.51. The van der Waals surface area contributed by atoms with E-state index < -0.39 is 30.0 Å². The van der Waals surface area contributed by atoms with E-state index in [1.165, 1.54) is 10.8 Å². The van der Waals surface area contributed by atoms with Crippen LogP contribution in [0.5, 0.6) is 5.75 Å². The number of carbonyl (C=O) groups excluding carboxylic acids is 3. The van der Waals surface area contributed by atoms with Gasteiger partial charge >= 0.3 is 12.0 Å². The molecular formula is C43H46ClF2N11O5. The number of aryl methyl sites for hydroxylation is 2. The second-order valence-electron chi connectivity index (χ2n) is 17.1. The molecule has 19 heteroatoms. The number of hydrogen-bond acceptors (Lipinski definition) is 11. The quantitative estimate of drug-likeness (QED) is 0.185. The summed E-state index contributed by atoms with van der Waals surface area (Å²) in [4.78, 5) is 66.6. The zero-order valence-electron chi connectivity index (χ0n) is 34.3. The van der Waals surface area contributed by atoms with Crippen LogP contribution in [0.1, 0.15) is 61.6 Å². The number of para-hydroxylation sites is 1. The van der Waals surface area contributed by atoms with Gasteiger partial charge in [-0.05, 0) is 67.7 Å². The molecule has 4 fully saturated rings. The van der Waals surface area contributed by atoms with Crippen LogP contribution < -0.4 is 31.1 Å². The number of alkyl halides is 2. The fourth-order valence-corrected chi connectivity index (χ4v) is 9.77. The number of carbonyl (C=O) groups is 3. The fraction of sp³-hybridized carbons (Fsp3) is 0.465. The second-order valence-corrected chi connectivity index (χ2v) is 17.5. The Hall–Kier alpha value is -6.04. The van der Waals surface area contributed by atoms with Crippen LogP contribution in [0.25, 0.3) is 21.8 Å². The number of nitrogens with zero attached hydrogens (tertiary/aromatic N) is 8. The first-order valence-electron chi connectivity index (χ1n) is 21.2. The number of pyridine rings is 1. The summed E-state index contributed by atoms with van der Waals surface area (Å²) >= 11 is 6.60. The Morgan fingerprint density at radius 2 is 1.71 bits per heavy atom. The lowest BCUT2D eigenvalue weighted by Crippen LogP contribution is -2.54. The van der Waals surface area contributed by atoms with Crippen LogP contribution in [0.4, 0.5) is 36.7 Å². The SMILES string of the molecule is Cn1nc(C2CCC(=O)NC2=O)c2cccc(C3CCN(C(=O)N4CCN(c5ncc(Cl)c(Nc6ccc7c(c6)c6c(c(=O)n7C)OCC(F)(F)[C@H](C7CC7)N6)n5)CC4)CC3)c21. The van der Waals surface area contributed by atoms with Crippen LogP contribution >= 0.6 is 11.6 Å². The average molecular weight is 870 g/mol. The first-order chi connectivity index (χ1) is 29.8. The molecule has 1 saturated carbocycles. The summed E-state index contributed by atoms with van der Waals surface area (Å²) in [6.45, 7) is 2.32. The van der Waals surface area contributed by atoms with Gasteiger partial charge in [-0.2, -0.15) is 10.1 Å². The molecule has 5 aromatic rings. The maximum absolute atomic E-state index is 15.2. The smallest absolute Gasteiger partial charge is 0.320 e. The van der Waals surface area contributed by atoms with E-state index in [1.54, 1.807) is 25.2 Å². The van der Waals surface area contributed by atoms with Crippen LogP contribution in [0.3, 0.4) is 0 Å². The molecule has 3 saturated heterocycles. The van der Waals surface area contributed by atoms with E-state index in [2.05, 4.69) is 27.0 Å². The number of piperazine rings is 1. The Labute approximate surface area is 359 Å². The van der Waals surface area contributed by atoms with Gasteiger partial charge in [0.05, 0.1) is 40.6 Å². The largest absolute Gasteiger partial charge is 0.480 e. The summed E-state index contributed by atoms with van der Waals surface area (Å²) in [6.07, 6.45) is 5.19. The Morgan fingerprint density at radius 3 is 2.45 bits per heavy atom. The van der Waals surface area contributed by atoms with Crippen molar-refractivity contribution in [3.63, 3.8) is 0 Å². The zero-order valence-corrected chi connectivity index (χ0v) is 35.1. The molecule has 62 heavy (non-hydrogen) atoms. The molecule has 5 aliphatic rings.